The van der Waals surface area contributed by atoms with E-state index in [4.69, 9.17) is 0 Å². The van der Waals surface area contributed by atoms with Gasteiger partial charge in [0.05, 0.1) is 16.7 Å². The molecule has 0 aliphatic heterocycles. The van der Waals surface area contributed by atoms with Crippen LogP contribution in [0.3, 0.4) is 0 Å². The molecule has 0 saturated heterocycles. The van der Waals surface area contributed by atoms with Crippen LogP contribution in [-0.2, 0) is 0 Å². The number of benzene rings is 2. The number of halogens is 1. The summed E-state index contributed by atoms with van der Waals surface area (Å²) in [5, 5.41) is 18.0. The van der Waals surface area contributed by atoms with E-state index in [0.717, 1.165) is 10.0 Å². The van der Waals surface area contributed by atoms with Crippen LogP contribution in [0.4, 0.5) is 5.69 Å². The highest BCUT2D eigenvalue weighted by atomic mass is 79.9. The lowest BCUT2D eigenvalue weighted by Gasteiger charge is -2.24. The number of carbonyl (C=O) groups excluding carboxylic acids is 1. The second kappa shape index (κ2) is 7.71. The number of hydrogen-bond acceptors (Lipinski definition) is 4. The fourth-order valence-corrected chi connectivity index (χ4v) is 2.95. The standard InChI is InChI=1S/C19H17BrN4O3/c1-12(14-4-3-5-16(10-14)24(26)27)23(2)19(25)18-11-17(21-22-18)13-6-8-15(20)9-7-13/h3-12H,1-2H3,(H,21,22). The number of carbonyl (C=O) groups is 1. The van der Waals surface area contributed by atoms with Gasteiger partial charge in [0, 0.05) is 29.2 Å². The average Bonchev–Trinajstić information content (AvgIpc) is 3.17. The predicted octanol–water partition coefficient (Wildman–Crippen LogP) is 4.58. The zero-order chi connectivity index (χ0) is 19.6. The second-order valence-electron chi connectivity index (χ2n) is 6.12. The molecule has 27 heavy (non-hydrogen) atoms. The van der Waals surface area contributed by atoms with E-state index < -0.39 is 4.92 Å². The summed E-state index contributed by atoms with van der Waals surface area (Å²) in [6.07, 6.45) is 0. The molecule has 0 aliphatic rings. The Bertz CT molecular complexity index is 985. The lowest BCUT2D eigenvalue weighted by Crippen LogP contribution is -2.30. The number of amides is 1. The Morgan fingerprint density at radius 2 is 1.93 bits per heavy atom. The summed E-state index contributed by atoms with van der Waals surface area (Å²) in [6, 6.07) is 15.3. The number of nitrogens with one attached hydrogen (secondary N) is 1. The van der Waals surface area contributed by atoms with Gasteiger partial charge in [-0.2, -0.15) is 5.10 Å². The van der Waals surface area contributed by atoms with Gasteiger partial charge in [-0.3, -0.25) is 20.0 Å². The zero-order valence-corrected chi connectivity index (χ0v) is 16.3. The molecule has 0 radical (unpaired) electrons. The van der Waals surface area contributed by atoms with Gasteiger partial charge in [0.2, 0.25) is 0 Å². The smallest absolute Gasteiger partial charge is 0.272 e. The fourth-order valence-electron chi connectivity index (χ4n) is 2.69. The van der Waals surface area contributed by atoms with E-state index in [-0.39, 0.29) is 17.6 Å². The van der Waals surface area contributed by atoms with Crippen molar-refractivity contribution in [1.29, 1.82) is 0 Å². The molecule has 0 saturated carbocycles. The van der Waals surface area contributed by atoms with Gasteiger partial charge in [0.1, 0.15) is 5.69 Å². The van der Waals surface area contributed by atoms with Gasteiger partial charge < -0.3 is 4.90 Å². The quantitative estimate of drug-likeness (QED) is 0.475. The number of H-pyrrole nitrogens is 1. The third-order valence-corrected chi connectivity index (χ3v) is 4.94. The molecule has 1 aromatic heterocycles. The Kier molecular flexibility index (Phi) is 5.36. The molecule has 1 N–H and O–H groups in total. The summed E-state index contributed by atoms with van der Waals surface area (Å²) in [6.45, 7) is 1.82. The van der Waals surface area contributed by atoms with E-state index in [1.807, 2.05) is 31.2 Å². The van der Waals surface area contributed by atoms with Crippen LogP contribution < -0.4 is 0 Å². The first kappa shape index (κ1) is 18.8. The van der Waals surface area contributed by atoms with Gasteiger partial charge in [-0.15, -0.1) is 0 Å². The Labute approximate surface area is 164 Å². The van der Waals surface area contributed by atoms with Gasteiger partial charge in [-0.25, -0.2) is 0 Å². The summed E-state index contributed by atoms with van der Waals surface area (Å²) in [7, 11) is 1.66. The number of nitro benzene ring substituents is 1. The number of nitrogens with zero attached hydrogens (tertiary/aromatic N) is 3. The van der Waals surface area contributed by atoms with Crippen LogP contribution in [0.1, 0.15) is 29.0 Å². The largest absolute Gasteiger partial charge is 0.334 e. The molecule has 138 valence electrons. The maximum atomic E-state index is 12.8. The van der Waals surface area contributed by atoms with Crippen LogP contribution in [0, 0.1) is 10.1 Å². The highest BCUT2D eigenvalue weighted by Crippen LogP contribution is 2.25. The predicted molar refractivity (Wildman–Crippen MR) is 105 cm³/mol. The van der Waals surface area contributed by atoms with Crippen molar-refractivity contribution in [2.24, 2.45) is 0 Å². The number of non-ortho nitro benzene ring substituents is 1. The monoisotopic (exact) mass is 428 g/mol. The Balaban J connectivity index is 1.80. The Hall–Kier alpha value is -3.00. The number of hydrogen-bond donors (Lipinski definition) is 1. The van der Waals surface area contributed by atoms with Gasteiger partial charge >= 0.3 is 0 Å². The van der Waals surface area contributed by atoms with Gasteiger partial charge in [0.25, 0.3) is 11.6 Å². The highest BCUT2D eigenvalue weighted by molar-refractivity contribution is 9.10. The van der Waals surface area contributed by atoms with E-state index in [1.165, 1.54) is 17.0 Å². The van der Waals surface area contributed by atoms with Crippen LogP contribution in [0.25, 0.3) is 11.3 Å². The molecule has 8 heteroatoms. The van der Waals surface area contributed by atoms with Gasteiger partial charge in [-0.1, -0.05) is 40.2 Å². The molecule has 1 unspecified atom stereocenters. The Morgan fingerprint density at radius 1 is 1.22 bits per heavy atom. The number of nitro groups is 1. The fraction of sp³-hybridized carbons (Fsp3) is 0.158. The lowest BCUT2D eigenvalue weighted by atomic mass is 10.1. The molecule has 1 atom stereocenters. The van der Waals surface area contributed by atoms with Crippen molar-refractivity contribution in [2.45, 2.75) is 13.0 Å². The van der Waals surface area contributed by atoms with Crippen molar-refractivity contribution in [3.8, 4) is 11.3 Å². The molecule has 3 rings (SSSR count). The number of rotatable bonds is 5. The molecule has 2 aromatic carbocycles. The normalized spacial score (nSPS) is 11.8. The summed E-state index contributed by atoms with van der Waals surface area (Å²) in [5.74, 6) is -0.245. The molecule has 0 bridgehead atoms. The van der Waals surface area contributed by atoms with Crippen LogP contribution in [-0.4, -0.2) is 33.0 Å². The van der Waals surface area contributed by atoms with Crippen molar-refractivity contribution >= 4 is 27.5 Å². The topological polar surface area (TPSA) is 92.1 Å². The summed E-state index contributed by atoms with van der Waals surface area (Å²) < 4.78 is 0.962. The van der Waals surface area contributed by atoms with Crippen molar-refractivity contribution in [3.63, 3.8) is 0 Å². The molecule has 1 amide bonds. The third kappa shape index (κ3) is 4.06. The maximum absolute atomic E-state index is 12.8. The molecule has 7 nitrogen and oxygen atoms in total. The van der Waals surface area contributed by atoms with Crippen LogP contribution in [0.5, 0.6) is 0 Å². The molecule has 0 aliphatic carbocycles. The second-order valence-corrected chi connectivity index (χ2v) is 7.03. The van der Waals surface area contributed by atoms with E-state index in [1.54, 1.807) is 25.2 Å². The maximum Gasteiger partial charge on any atom is 0.272 e. The van der Waals surface area contributed by atoms with Crippen molar-refractivity contribution in [3.05, 3.63) is 80.4 Å². The summed E-state index contributed by atoms with van der Waals surface area (Å²) >= 11 is 3.39. The van der Waals surface area contributed by atoms with Gasteiger partial charge in [0.15, 0.2) is 0 Å². The summed E-state index contributed by atoms with van der Waals surface area (Å²) in [5.41, 5.74) is 2.60. The molecule has 0 fully saturated rings. The van der Waals surface area contributed by atoms with E-state index >= 15 is 0 Å². The molecule has 1 heterocycles. The highest BCUT2D eigenvalue weighted by Gasteiger charge is 2.22. The van der Waals surface area contributed by atoms with Crippen molar-refractivity contribution < 1.29 is 9.72 Å². The summed E-state index contributed by atoms with van der Waals surface area (Å²) in [4.78, 5) is 24.8. The van der Waals surface area contributed by atoms with E-state index in [9.17, 15) is 14.9 Å². The molecular formula is C19H17BrN4O3. The zero-order valence-electron chi connectivity index (χ0n) is 14.7. The Morgan fingerprint density at radius 3 is 2.59 bits per heavy atom. The van der Waals surface area contributed by atoms with Crippen LogP contribution >= 0.6 is 15.9 Å². The average molecular weight is 429 g/mol. The lowest BCUT2D eigenvalue weighted by molar-refractivity contribution is -0.384. The molecule has 0 spiro atoms. The van der Waals surface area contributed by atoms with Crippen LogP contribution in [0.15, 0.2) is 59.1 Å². The van der Waals surface area contributed by atoms with E-state index in [0.29, 0.717) is 17.0 Å². The first-order valence-electron chi connectivity index (χ1n) is 8.19. The van der Waals surface area contributed by atoms with Crippen molar-refractivity contribution in [2.75, 3.05) is 7.05 Å². The molecular weight excluding hydrogens is 412 g/mol. The number of aromatic amines is 1. The third-order valence-electron chi connectivity index (χ3n) is 4.41. The number of aromatic nitrogens is 2. The first-order valence-corrected chi connectivity index (χ1v) is 8.99. The van der Waals surface area contributed by atoms with Crippen LogP contribution in [0.2, 0.25) is 0 Å². The minimum Gasteiger partial charge on any atom is -0.334 e. The van der Waals surface area contributed by atoms with E-state index in [2.05, 4.69) is 26.1 Å². The van der Waals surface area contributed by atoms with Gasteiger partial charge in [-0.05, 0) is 30.7 Å². The molecule has 3 aromatic rings. The van der Waals surface area contributed by atoms with Crippen molar-refractivity contribution in [1.82, 2.24) is 15.1 Å². The SMILES string of the molecule is CC(c1cccc([N+](=O)[O-])c1)N(C)C(=O)c1cc(-c2ccc(Br)cc2)n[nH]1. The first-order chi connectivity index (χ1) is 12.9. The minimum atomic E-state index is -0.447. The minimum absolute atomic E-state index is 0.000682.